The van der Waals surface area contributed by atoms with Crippen LogP contribution in [0.1, 0.15) is 19.3 Å². The molecule has 3 rings (SSSR count). The van der Waals surface area contributed by atoms with Crippen LogP contribution in [0, 0.1) is 11.8 Å². The lowest BCUT2D eigenvalue weighted by atomic mass is 9.93. The van der Waals surface area contributed by atoms with Crippen molar-refractivity contribution in [3.63, 3.8) is 0 Å². The molecule has 1 aliphatic carbocycles. The van der Waals surface area contributed by atoms with E-state index in [4.69, 9.17) is 11.6 Å². The summed E-state index contributed by atoms with van der Waals surface area (Å²) < 4.78 is 0. The molecular weight excluding hydrogens is 286 g/mol. The molecule has 0 radical (unpaired) electrons. The van der Waals surface area contributed by atoms with E-state index in [1.165, 1.54) is 12.8 Å². The SMILES string of the molecule is CN(C)c1ccc(Cl)cc1NC(=O)C1NCC2CCCC21. The number of nitrogens with zero attached hydrogens (tertiary/aromatic N) is 1. The van der Waals surface area contributed by atoms with Gasteiger partial charge in [0.25, 0.3) is 0 Å². The molecule has 2 fully saturated rings. The number of hydrogen-bond acceptors (Lipinski definition) is 3. The number of halogens is 1. The molecule has 2 N–H and O–H groups in total. The van der Waals surface area contributed by atoms with E-state index >= 15 is 0 Å². The number of rotatable bonds is 3. The summed E-state index contributed by atoms with van der Waals surface area (Å²) >= 11 is 6.07. The van der Waals surface area contributed by atoms with Gasteiger partial charge in [-0.25, -0.2) is 0 Å². The van der Waals surface area contributed by atoms with Crippen molar-refractivity contribution in [1.82, 2.24) is 5.32 Å². The van der Waals surface area contributed by atoms with Crippen molar-refractivity contribution in [2.24, 2.45) is 11.8 Å². The topological polar surface area (TPSA) is 44.4 Å². The first-order valence-electron chi connectivity index (χ1n) is 7.57. The van der Waals surface area contributed by atoms with Gasteiger partial charge in [-0.3, -0.25) is 4.79 Å². The molecule has 1 heterocycles. The third-order valence-electron chi connectivity index (χ3n) is 4.73. The minimum Gasteiger partial charge on any atom is -0.376 e. The van der Waals surface area contributed by atoms with Crippen molar-refractivity contribution in [3.05, 3.63) is 23.2 Å². The van der Waals surface area contributed by atoms with Crippen LogP contribution in [-0.4, -0.2) is 32.6 Å². The lowest BCUT2D eigenvalue weighted by molar-refractivity contribution is -0.118. The number of fused-ring (bicyclic) bond motifs is 1. The second-order valence-electron chi connectivity index (χ2n) is 6.29. The summed E-state index contributed by atoms with van der Waals surface area (Å²) in [6.45, 7) is 0.971. The number of benzene rings is 1. The Morgan fingerprint density at radius 3 is 2.95 bits per heavy atom. The van der Waals surface area contributed by atoms with Crippen LogP contribution in [0.5, 0.6) is 0 Å². The number of nitrogens with one attached hydrogen (secondary N) is 2. The molecule has 3 atom stereocenters. The molecule has 1 aliphatic heterocycles. The number of anilines is 2. The van der Waals surface area contributed by atoms with Crippen LogP contribution in [0.4, 0.5) is 11.4 Å². The largest absolute Gasteiger partial charge is 0.376 e. The molecule has 5 heteroatoms. The Bertz CT molecular complexity index is 546. The highest BCUT2D eigenvalue weighted by molar-refractivity contribution is 6.31. The molecule has 114 valence electrons. The summed E-state index contributed by atoms with van der Waals surface area (Å²) in [6, 6.07) is 5.52. The Morgan fingerprint density at radius 2 is 2.19 bits per heavy atom. The van der Waals surface area contributed by atoms with Crippen molar-refractivity contribution in [1.29, 1.82) is 0 Å². The molecule has 1 saturated carbocycles. The van der Waals surface area contributed by atoms with Gasteiger partial charge in [0.05, 0.1) is 17.4 Å². The maximum Gasteiger partial charge on any atom is 0.241 e. The van der Waals surface area contributed by atoms with Crippen molar-refractivity contribution in [3.8, 4) is 0 Å². The highest BCUT2D eigenvalue weighted by atomic mass is 35.5. The minimum atomic E-state index is -0.0634. The number of amides is 1. The summed E-state index contributed by atoms with van der Waals surface area (Å²) in [4.78, 5) is 14.6. The third kappa shape index (κ3) is 2.87. The van der Waals surface area contributed by atoms with Crippen LogP contribution < -0.4 is 15.5 Å². The second-order valence-corrected chi connectivity index (χ2v) is 6.72. The van der Waals surface area contributed by atoms with E-state index in [0.717, 1.165) is 24.3 Å². The molecule has 1 aromatic carbocycles. The molecule has 1 saturated heterocycles. The zero-order chi connectivity index (χ0) is 15.0. The lowest BCUT2D eigenvalue weighted by Gasteiger charge is -2.21. The molecule has 1 aromatic rings. The minimum absolute atomic E-state index is 0.0634. The highest BCUT2D eigenvalue weighted by Gasteiger charge is 2.42. The fourth-order valence-corrected chi connectivity index (χ4v) is 3.86. The average molecular weight is 308 g/mol. The van der Waals surface area contributed by atoms with Gasteiger partial charge in [-0.1, -0.05) is 18.0 Å². The summed E-state index contributed by atoms with van der Waals surface area (Å²) in [5.74, 6) is 1.23. The first-order chi connectivity index (χ1) is 10.1. The van der Waals surface area contributed by atoms with E-state index in [0.29, 0.717) is 16.9 Å². The van der Waals surface area contributed by atoms with E-state index in [1.54, 1.807) is 0 Å². The van der Waals surface area contributed by atoms with Gasteiger partial charge in [-0.15, -0.1) is 0 Å². The van der Waals surface area contributed by atoms with E-state index in [-0.39, 0.29) is 11.9 Å². The smallest absolute Gasteiger partial charge is 0.241 e. The Morgan fingerprint density at radius 1 is 1.38 bits per heavy atom. The Labute approximate surface area is 130 Å². The molecule has 0 aromatic heterocycles. The van der Waals surface area contributed by atoms with Gasteiger partial charge in [0, 0.05) is 19.1 Å². The molecule has 1 amide bonds. The fourth-order valence-electron chi connectivity index (χ4n) is 3.68. The molecule has 0 spiro atoms. The van der Waals surface area contributed by atoms with Gasteiger partial charge in [0.2, 0.25) is 5.91 Å². The third-order valence-corrected chi connectivity index (χ3v) is 4.96. The molecule has 4 nitrogen and oxygen atoms in total. The molecule has 3 unspecified atom stereocenters. The summed E-state index contributed by atoms with van der Waals surface area (Å²) in [6.07, 6.45) is 3.66. The van der Waals surface area contributed by atoms with Crippen molar-refractivity contribution in [2.75, 3.05) is 30.9 Å². The van der Waals surface area contributed by atoms with E-state index < -0.39 is 0 Å². The maximum atomic E-state index is 12.6. The van der Waals surface area contributed by atoms with Crippen molar-refractivity contribution in [2.45, 2.75) is 25.3 Å². The lowest BCUT2D eigenvalue weighted by Crippen LogP contribution is -2.40. The first-order valence-corrected chi connectivity index (χ1v) is 7.95. The van der Waals surface area contributed by atoms with Crippen molar-refractivity contribution < 1.29 is 4.79 Å². The van der Waals surface area contributed by atoms with Gasteiger partial charge in [-0.2, -0.15) is 0 Å². The maximum absolute atomic E-state index is 12.6. The van der Waals surface area contributed by atoms with Crippen LogP contribution in [-0.2, 0) is 4.79 Å². The van der Waals surface area contributed by atoms with Crippen LogP contribution >= 0.6 is 11.6 Å². The van der Waals surface area contributed by atoms with Gasteiger partial charge >= 0.3 is 0 Å². The van der Waals surface area contributed by atoms with Gasteiger partial charge < -0.3 is 15.5 Å². The predicted octanol–water partition coefficient (Wildman–Crippen LogP) is 2.73. The normalized spacial score (nSPS) is 27.5. The van der Waals surface area contributed by atoms with Gasteiger partial charge in [-0.05, 0) is 49.4 Å². The van der Waals surface area contributed by atoms with Crippen LogP contribution in [0.15, 0.2) is 18.2 Å². The molecule has 21 heavy (non-hydrogen) atoms. The van der Waals surface area contributed by atoms with Crippen molar-refractivity contribution >= 4 is 28.9 Å². The Kier molecular flexibility index (Phi) is 4.09. The summed E-state index contributed by atoms with van der Waals surface area (Å²) in [5.41, 5.74) is 1.74. The fraction of sp³-hybridized carbons (Fsp3) is 0.562. The number of carbonyl (C=O) groups excluding carboxylic acids is 1. The van der Waals surface area contributed by atoms with Crippen LogP contribution in [0.2, 0.25) is 5.02 Å². The predicted molar refractivity (Wildman–Crippen MR) is 87.0 cm³/mol. The first kappa shape index (κ1) is 14.7. The zero-order valence-electron chi connectivity index (χ0n) is 12.5. The molecule has 0 bridgehead atoms. The summed E-state index contributed by atoms with van der Waals surface area (Å²) in [5, 5.41) is 7.08. The highest BCUT2D eigenvalue weighted by Crippen LogP contribution is 2.38. The molecule has 2 aliphatic rings. The van der Waals surface area contributed by atoms with E-state index in [9.17, 15) is 4.79 Å². The van der Waals surface area contributed by atoms with E-state index in [1.807, 2.05) is 37.2 Å². The Hall–Kier alpha value is -1.26. The van der Waals surface area contributed by atoms with E-state index in [2.05, 4.69) is 10.6 Å². The summed E-state index contributed by atoms with van der Waals surface area (Å²) in [7, 11) is 3.92. The van der Waals surface area contributed by atoms with Gasteiger partial charge in [0.1, 0.15) is 0 Å². The van der Waals surface area contributed by atoms with Crippen LogP contribution in [0.3, 0.4) is 0 Å². The number of hydrogen-bond donors (Lipinski definition) is 2. The second kappa shape index (κ2) is 5.85. The Balaban J connectivity index is 1.77. The molecular formula is C16H22ClN3O. The number of carbonyl (C=O) groups is 1. The van der Waals surface area contributed by atoms with Crippen LogP contribution in [0.25, 0.3) is 0 Å². The standard InChI is InChI=1S/C16H22ClN3O/c1-20(2)14-7-6-11(17)8-13(14)19-16(21)15-12-5-3-4-10(12)9-18-15/h6-8,10,12,15,18H,3-5,9H2,1-2H3,(H,19,21). The zero-order valence-corrected chi connectivity index (χ0v) is 13.3. The monoisotopic (exact) mass is 307 g/mol. The average Bonchev–Trinajstić information content (AvgIpc) is 3.00. The quantitative estimate of drug-likeness (QED) is 0.902. The van der Waals surface area contributed by atoms with Gasteiger partial charge in [0.15, 0.2) is 0 Å².